The number of ketones is 1. The fourth-order valence-corrected chi connectivity index (χ4v) is 6.29. The number of hydrogen-bond donors (Lipinski definition) is 2. The van der Waals surface area contributed by atoms with Crippen LogP contribution in [0.4, 0.5) is 11.8 Å². The number of nitrogens with two attached hydrogens (primary N) is 2. The molecule has 12 heteroatoms. The summed E-state index contributed by atoms with van der Waals surface area (Å²) in [6, 6.07) is 14.2. The van der Waals surface area contributed by atoms with Crippen LogP contribution >= 0.6 is 0 Å². The number of benzene rings is 2. The van der Waals surface area contributed by atoms with Gasteiger partial charge in [0.2, 0.25) is 5.95 Å². The van der Waals surface area contributed by atoms with Crippen molar-refractivity contribution in [2.45, 2.75) is 25.4 Å². The molecule has 1 fully saturated rings. The van der Waals surface area contributed by atoms with E-state index < -0.39 is 0 Å². The lowest BCUT2D eigenvalue weighted by Crippen LogP contribution is -2.35. The number of aromatic nitrogens is 4. The number of ether oxygens (including phenoxy) is 3. The zero-order valence-corrected chi connectivity index (χ0v) is 26.5. The van der Waals surface area contributed by atoms with E-state index in [0.29, 0.717) is 29.0 Å². The zero-order valence-electron chi connectivity index (χ0n) is 26.5. The van der Waals surface area contributed by atoms with E-state index in [4.69, 9.17) is 30.8 Å². The highest BCUT2D eigenvalue weighted by molar-refractivity contribution is 6.07. The van der Waals surface area contributed by atoms with Crippen LogP contribution < -0.4 is 20.9 Å². The second-order valence-electron chi connectivity index (χ2n) is 11.5. The average Bonchev–Trinajstić information content (AvgIpc) is 3.43. The predicted octanol–water partition coefficient (Wildman–Crippen LogP) is 3.16. The summed E-state index contributed by atoms with van der Waals surface area (Å²) in [5, 5.41) is 4.89. The molecule has 12 nitrogen and oxygen atoms in total. The van der Waals surface area contributed by atoms with Crippen LogP contribution in [0.15, 0.2) is 60.9 Å². The quantitative estimate of drug-likeness (QED) is 0.198. The van der Waals surface area contributed by atoms with Crippen molar-refractivity contribution in [3.05, 3.63) is 100 Å². The van der Waals surface area contributed by atoms with E-state index in [0.717, 1.165) is 62.8 Å². The van der Waals surface area contributed by atoms with E-state index in [1.165, 1.54) is 18.2 Å². The minimum Gasteiger partial charge on any atom is -0.493 e. The Hall–Kier alpha value is -4.94. The Bertz CT molecular complexity index is 1750. The summed E-state index contributed by atoms with van der Waals surface area (Å²) < 4.78 is 18.8. The van der Waals surface area contributed by atoms with E-state index in [-0.39, 0.29) is 23.6 Å². The van der Waals surface area contributed by atoms with Crippen molar-refractivity contribution >= 4 is 17.5 Å². The Labute approximate surface area is 268 Å². The number of hydrogen-bond acceptors (Lipinski definition) is 11. The molecule has 240 valence electrons. The van der Waals surface area contributed by atoms with Crippen molar-refractivity contribution in [3.8, 4) is 11.5 Å². The molecule has 0 bridgehead atoms. The van der Waals surface area contributed by atoms with Crippen molar-refractivity contribution in [2.75, 3.05) is 58.5 Å². The lowest BCUT2D eigenvalue weighted by Gasteiger charge is -2.36. The molecule has 4 heterocycles. The number of anilines is 2. The summed E-state index contributed by atoms with van der Waals surface area (Å²) in [7, 11) is 5.06. The van der Waals surface area contributed by atoms with Crippen LogP contribution in [0.2, 0.25) is 0 Å². The second-order valence-corrected chi connectivity index (χ2v) is 11.5. The second kappa shape index (κ2) is 13.6. The number of fused-ring (bicyclic) bond motifs is 1. The van der Waals surface area contributed by atoms with Crippen molar-refractivity contribution in [2.24, 2.45) is 7.05 Å². The van der Waals surface area contributed by atoms with Crippen molar-refractivity contribution < 1.29 is 19.0 Å². The molecule has 1 atom stereocenters. The Morgan fingerprint density at radius 1 is 1.09 bits per heavy atom. The van der Waals surface area contributed by atoms with E-state index in [1.54, 1.807) is 25.4 Å². The molecule has 2 aromatic carbocycles. The Morgan fingerprint density at radius 2 is 1.89 bits per heavy atom. The molecule has 0 radical (unpaired) electrons. The minimum absolute atomic E-state index is 0.104. The number of nitrogen functional groups attached to an aromatic ring is 2. The molecule has 0 saturated carbocycles. The van der Waals surface area contributed by atoms with E-state index >= 15 is 0 Å². The van der Waals surface area contributed by atoms with Gasteiger partial charge in [0.15, 0.2) is 17.3 Å². The fraction of sp³-hybridized carbons (Fsp3) is 0.353. The number of carbonyl (C=O) groups excluding carboxylic acids is 1. The maximum Gasteiger partial charge on any atom is 0.221 e. The standard InChI is InChI=1S/C34H40N8O4/c1-40-28(19-25(39-40)21-41-12-14-46-15-13-41)31-26-7-5-4-6-23(26)8-10-42(31)11-9-29(43)27-17-22(18-30(44-2)32(27)45-3)16-24-20-37-34(36)38-33(24)35/h4-7,9,11,17-20,31H,8,10,12-16,21H2,1-3H3,(H4,35,36,37,38)/b11-9+. The lowest BCUT2D eigenvalue weighted by atomic mass is 9.90. The Morgan fingerprint density at radius 3 is 2.65 bits per heavy atom. The number of allylic oxidation sites excluding steroid dienone is 1. The minimum atomic E-state index is -0.214. The first-order valence-corrected chi connectivity index (χ1v) is 15.3. The van der Waals surface area contributed by atoms with Gasteiger partial charge in [-0.2, -0.15) is 10.1 Å². The van der Waals surface area contributed by atoms with E-state index in [1.807, 2.05) is 24.0 Å². The molecular weight excluding hydrogens is 584 g/mol. The summed E-state index contributed by atoms with van der Waals surface area (Å²) in [4.78, 5) is 26.6. The molecule has 1 saturated heterocycles. The first-order chi connectivity index (χ1) is 22.3. The molecule has 4 N–H and O–H groups in total. The molecule has 4 aromatic rings. The molecule has 2 aliphatic heterocycles. The van der Waals surface area contributed by atoms with Crippen LogP contribution in [0, 0.1) is 0 Å². The normalized spacial score (nSPS) is 16.8. The zero-order chi connectivity index (χ0) is 32.2. The van der Waals surface area contributed by atoms with Crippen LogP contribution in [0.3, 0.4) is 0 Å². The van der Waals surface area contributed by atoms with Crippen molar-refractivity contribution in [1.82, 2.24) is 29.5 Å². The van der Waals surface area contributed by atoms with Crippen molar-refractivity contribution in [1.29, 1.82) is 0 Å². The fourth-order valence-electron chi connectivity index (χ4n) is 6.29. The highest BCUT2D eigenvalue weighted by Gasteiger charge is 2.30. The lowest BCUT2D eigenvalue weighted by molar-refractivity contribution is 0.0336. The van der Waals surface area contributed by atoms with Gasteiger partial charge in [0.25, 0.3) is 0 Å². The smallest absolute Gasteiger partial charge is 0.221 e. The first kappa shape index (κ1) is 31.1. The third-order valence-electron chi connectivity index (χ3n) is 8.59. The first-order valence-electron chi connectivity index (χ1n) is 15.3. The van der Waals surface area contributed by atoms with Gasteiger partial charge in [-0.1, -0.05) is 24.3 Å². The summed E-state index contributed by atoms with van der Waals surface area (Å²) in [5.41, 5.74) is 18.2. The van der Waals surface area contributed by atoms with E-state index in [2.05, 4.69) is 50.1 Å². The third-order valence-corrected chi connectivity index (χ3v) is 8.59. The van der Waals surface area contributed by atoms with Crippen LogP contribution in [0.5, 0.6) is 11.5 Å². The number of rotatable bonds is 10. The van der Waals surface area contributed by atoms with Gasteiger partial charge in [-0.3, -0.25) is 14.4 Å². The van der Waals surface area contributed by atoms with Crippen LogP contribution in [-0.4, -0.2) is 82.4 Å². The number of aryl methyl sites for hydroxylation is 1. The number of carbonyl (C=O) groups is 1. The van der Waals surface area contributed by atoms with Crippen LogP contribution in [0.25, 0.3) is 0 Å². The van der Waals surface area contributed by atoms with Crippen molar-refractivity contribution in [3.63, 3.8) is 0 Å². The maximum absolute atomic E-state index is 13.9. The SMILES string of the molecule is COc1cc(Cc2cnc(N)nc2N)cc(C(=O)/C=C/N2CCc3ccccc3C2c2cc(CN3CCOCC3)nn2C)c1OC. The maximum atomic E-state index is 13.9. The van der Waals surface area contributed by atoms with Gasteiger partial charge in [0, 0.05) is 63.7 Å². The molecule has 2 aromatic heterocycles. The highest BCUT2D eigenvalue weighted by Crippen LogP contribution is 2.37. The summed E-state index contributed by atoms with van der Waals surface area (Å²) in [5.74, 6) is 0.984. The van der Waals surface area contributed by atoms with Gasteiger partial charge in [0.05, 0.1) is 50.4 Å². The largest absolute Gasteiger partial charge is 0.493 e. The topological polar surface area (TPSA) is 147 Å². The monoisotopic (exact) mass is 624 g/mol. The molecular formula is C34H40N8O4. The summed E-state index contributed by atoms with van der Waals surface area (Å²) >= 11 is 0. The molecule has 0 spiro atoms. The van der Waals surface area contributed by atoms with Crippen LogP contribution in [0.1, 0.15) is 50.0 Å². The molecule has 0 aliphatic carbocycles. The van der Waals surface area contributed by atoms with Gasteiger partial charge in [-0.05, 0) is 41.3 Å². The number of nitrogens with zero attached hydrogens (tertiary/aromatic N) is 6. The van der Waals surface area contributed by atoms with Gasteiger partial charge >= 0.3 is 0 Å². The Balaban J connectivity index is 1.31. The van der Waals surface area contributed by atoms with E-state index in [9.17, 15) is 4.79 Å². The number of methoxy groups -OCH3 is 2. The van der Waals surface area contributed by atoms with Gasteiger partial charge < -0.3 is 30.6 Å². The summed E-state index contributed by atoms with van der Waals surface area (Å²) in [6.07, 6.45) is 6.33. The number of morpholine rings is 1. The third kappa shape index (κ3) is 6.53. The van der Waals surface area contributed by atoms with Crippen LogP contribution in [-0.2, 0) is 31.2 Å². The van der Waals surface area contributed by atoms with Gasteiger partial charge in [-0.25, -0.2) is 4.98 Å². The molecule has 0 amide bonds. The average molecular weight is 625 g/mol. The highest BCUT2D eigenvalue weighted by atomic mass is 16.5. The Kier molecular flexibility index (Phi) is 9.18. The van der Waals surface area contributed by atoms with Gasteiger partial charge in [-0.15, -0.1) is 0 Å². The molecule has 46 heavy (non-hydrogen) atoms. The predicted molar refractivity (Wildman–Crippen MR) is 175 cm³/mol. The molecule has 2 aliphatic rings. The summed E-state index contributed by atoms with van der Waals surface area (Å²) in [6.45, 7) is 4.78. The van der Waals surface area contributed by atoms with Gasteiger partial charge in [0.1, 0.15) is 5.82 Å². The molecule has 6 rings (SSSR count). The molecule has 1 unspecified atom stereocenters.